The standard InChI is InChI=1S/C16H16N4O3/c1-18(11-12-6-5-7-13(10-12)23-2)15-16(20(21)22)19-9-4-3-8-14(19)17-15/h3-10H,11H2,1-2H3. The van der Waals surface area contributed by atoms with Gasteiger partial charge < -0.3 is 19.8 Å². The van der Waals surface area contributed by atoms with Crippen molar-refractivity contribution in [3.05, 3.63) is 64.3 Å². The summed E-state index contributed by atoms with van der Waals surface area (Å²) >= 11 is 0. The van der Waals surface area contributed by atoms with Crippen LogP contribution in [0.2, 0.25) is 0 Å². The Balaban J connectivity index is 1.98. The lowest BCUT2D eigenvalue weighted by atomic mass is 10.2. The van der Waals surface area contributed by atoms with E-state index < -0.39 is 4.92 Å². The predicted molar refractivity (Wildman–Crippen MR) is 86.9 cm³/mol. The fourth-order valence-corrected chi connectivity index (χ4v) is 2.52. The molecule has 0 saturated carbocycles. The number of imidazole rings is 1. The van der Waals surface area contributed by atoms with Crippen LogP contribution < -0.4 is 9.64 Å². The quantitative estimate of drug-likeness (QED) is 0.535. The van der Waals surface area contributed by atoms with Gasteiger partial charge in [0, 0.05) is 19.7 Å². The SMILES string of the molecule is COc1cccc(CN(C)c2nc3ccccn3c2[N+](=O)[O-])c1. The molecule has 0 spiro atoms. The van der Waals surface area contributed by atoms with Gasteiger partial charge in [0.05, 0.1) is 13.3 Å². The van der Waals surface area contributed by atoms with Crippen LogP contribution in [0.25, 0.3) is 5.65 Å². The minimum absolute atomic E-state index is 0.0361. The third-order valence-electron chi connectivity index (χ3n) is 3.58. The van der Waals surface area contributed by atoms with Crippen molar-refractivity contribution in [2.45, 2.75) is 6.54 Å². The summed E-state index contributed by atoms with van der Waals surface area (Å²) in [5.41, 5.74) is 1.53. The molecule has 0 aliphatic heterocycles. The van der Waals surface area contributed by atoms with Crippen molar-refractivity contribution < 1.29 is 9.66 Å². The van der Waals surface area contributed by atoms with Gasteiger partial charge in [-0.25, -0.2) is 0 Å². The molecule has 0 N–H and O–H groups in total. The fourth-order valence-electron chi connectivity index (χ4n) is 2.52. The topological polar surface area (TPSA) is 72.9 Å². The van der Waals surface area contributed by atoms with Crippen molar-refractivity contribution in [3.8, 4) is 5.75 Å². The minimum atomic E-state index is -0.405. The smallest absolute Gasteiger partial charge is 0.372 e. The Labute approximate surface area is 132 Å². The fraction of sp³-hybridized carbons (Fsp3) is 0.188. The van der Waals surface area contributed by atoms with Crippen molar-refractivity contribution in [1.82, 2.24) is 9.38 Å². The van der Waals surface area contributed by atoms with Gasteiger partial charge in [-0.1, -0.05) is 18.2 Å². The van der Waals surface area contributed by atoms with Crippen LogP contribution in [-0.4, -0.2) is 28.5 Å². The van der Waals surface area contributed by atoms with Crippen LogP contribution in [0.4, 0.5) is 11.6 Å². The lowest BCUT2D eigenvalue weighted by Gasteiger charge is -2.16. The van der Waals surface area contributed by atoms with E-state index in [1.54, 1.807) is 43.5 Å². The van der Waals surface area contributed by atoms with Crippen molar-refractivity contribution in [1.29, 1.82) is 0 Å². The molecule has 0 unspecified atom stereocenters. The maximum atomic E-state index is 11.5. The second-order valence-corrected chi connectivity index (χ2v) is 5.15. The Morgan fingerprint density at radius 1 is 1.30 bits per heavy atom. The number of nitro groups is 1. The van der Waals surface area contributed by atoms with Crippen molar-refractivity contribution >= 4 is 17.3 Å². The number of benzene rings is 1. The average molecular weight is 312 g/mol. The van der Waals surface area contributed by atoms with Gasteiger partial charge in [0.1, 0.15) is 5.75 Å². The lowest BCUT2D eigenvalue weighted by molar-refractivity contribution is -0.389. The number of fused-ring (bicyclic) bond motifs is 1. The van der Waals surface area contributed by atoms with E-state index in [9.17, 15) is 10.1 Å². The summed E-state index contributed by atoms with van der Waals surface area (Å²) in [5, 5.41) is 11.5. The van der Waals surface area contributed by atoms with Gasteiger partial charge in [0.2, 0.25) is 11.5 Å². The number of methoxy groups -OCH3 is 1. The van der Waals surface area contributed by atoms with E-state index in [1.165, 1.54) is 4.40 Å². The highest BCUT2D eigenvalue weighted by Gasteiger charge is 2.25. The maximum Gasteiger partial charge on any atom is 0.372 e. The van der Waals surface area contributed by atoms with E-state index in [2.05, 4.69) is 4.98 Å². The highest BCUT2D eigenvalue weighted by molar-refractivity contribution is 5.63. The molecule has 23 heavy (non-hydrogen) atoms. The van der Waals surface area contributed by atoms with Crippen LogP contribution in [0, 0.1) is 10.1 Å². The molecule has 3 aromatic rings. The van der Waals surface area contributed by atoms with Gasteiger partial charge in [-0.15, -0.1) is 0 Å². The summed E-state index contributed by atoms with van der Waals surface area (Å²) in [7, 11) is 3.39. The Morgan fingerprint density at radius 2 is 2.13 bits per heavy atom. The first-order valence-corrected chi connectivity index (χ1v) is 7.05. The molecule has 7 nitrogen and oxygen atoms in total. The molecule has 0 amide bonds. The van der Waals surface area contributed by atoms with Crippen LogP contribution >= 0.6 is 0 Å². The largest absolute Gasteiger partial charge is 0.497 e. The molecule has 7 heteroatoms. The zero-order chi connectivity index (χ0) is 16.4. The molecule has 0 aliphatic carbocycles. The molecule has 0 fully saturated rings. The second kappa shape index (κ2) is 5.96. The van der Waals surface area contributed by atoms with Gasteiger partial charge in [-0.3, -0.25) is 0 Å². The van der Waals surface area contributed by atoms with Crippen LogP contribution in [0.15, 0.2) is 48.7 Å². The number of nitrogens with zero attached hydrogens (tertiary/aromatic N) is 4. The van der Waals surface area contributed by atoms with Gasteiger partial charge in [0.15, 0.2) is 0 Å². The van der Waals surface area contributed by atoms with Crippen LogP contribution in [0.3, 0.4) is 0 Å². The number of anilines is 1. The summed E-state index contributed by atoms with van der Waals surface area (Å²) < 4.78 is 6.69. The van der Waals surface area contributed by atoms with Gasteiger partial charge in [-0.2, -0.15) is 9.38 Å². The van der Waals surface area contributed by atoms with Crippen molar-refractivity contribution in [3.63, 3.8) is 0 Å². The van der Waals surface area contributed by atoms with Gasteiger partial charge in [-0.05, 0) is 28.7 Å². The molecule has 1 aromatic carbocycles. The Bertz CT molecular complexity index is 859. The number of aromatic nitrogens is 2. The third-order valence-corrected chi connectivity index (χ3v) is 3.58. The average Bonchev–Trinajstić information content (AvgIpc) is 2.95. The van der Waals surface area contributed by atoms with Crippen LogP contribution in [-0.2, 0) is 6.54 Å². The molecule has 0 aliphatic rings. The number of hydrogen-bond acceptors (Lipinski definition) is 5. The number of pyridine rings is 1. The first-order valence-electron chi connectivity index (χ1n) is 7.05. The van der Waals surface area contributed by atoms with Crippen molar-refractivity contribution in [2.75, 3.05) is 19.1 Å². The molecule has 0 bridgehead atoms. The van der Waals surface area contributed by atoms with Gasteiger partial charge >= 0.3 is 5.82 Å². The maximum absolute atomic E-state index is 11.5. The van der Waals surface area contributed by atoms with E-state index in [0.717, 1.165) is 11.3 Å². The normalized spacial score (nSPS) is 10.7. The summed E-state index contributed by atoms with van der Waals surface area (Å²) in [5.74, 6) is 1.05. The molecule has 118 valence electrons. The Hall–Kier alpha value is -3.09. The molecule has 3 rings (SSSR count). The van der Waals surface area contributed by atoms with E-state index >= 15 is 0 Å². The molecule has 2 heterocycles. The number of rotatable bonds is 5. The predicted octanol–water partition coefficient (Wildman–Crippen LogP) is 2.89. The van der Waals surface area contributed by atoms with E-state index in [-0.39, 0.29) is 5.82 Å². The highest BCUT2D eigenvalue weighted by atomic mass is 16.6. The molecule has 2 aromatic heterocycles. The first kappa shape index (κ1) is 14.8. The first-order chi connectivity index (χ1) is 11.1. The monoisotopic (exact) mass is 312 g/mol. The molecule has 0 saturated heterocycles. The summed E-state index contributed by atoms with van der Waals surface area (Å²) in [6, 6.07) is 12.9. The number of hydrogen-bond donors (Lipinski definition) is 0. The van der Waals surface area contributed by atoms with Crippen molar-refractivity contribution in [2.24, 2.45) is 0 Å². The summed E-state index contributed by atoms with van der Waals surface area (Å²) in [6.07, 6.45) is 1.64. The van der Waals surface area contributed by atoms with E-state index in [1.807, 2.05) is 24.3 Å². The molecular formula is C16H16N4O3. The minimum Gasteiger partial charge on any atom is -0.497 e. The second-order valence-electron chi connectivity index (χ2n) is 5.15. The van der Waals surface area contributed by atoms with E-state index in [0.29, 0.717) is 18.0 Å². The summed E-state index contributed by atoms with van der Waals surface area (Å²) in [4.78, 5) is 17.2. The lowest BCUT2D eigenvalue weighted by Crippen LogP contribution is -2.18. The Morgan fingerprint density at radius 3 is 2.87 bits per heavy atom. The summed E-state index contributed by atoms with van der Waals surface area (Å²) in [6.45, 7) is 0.488. The molecule has 0 radical (unpaired) electrons. The Kier molecular flexibility index (Phi) is 3.84. The van der Waals surface area contributed by atoms with E-state index in [4.69, 9.17) is 4.74 Å². The zero-order valence-corrected chi connectivity index (χ0v) is 12.8. The van der Waals surface area contributed by atoms with Crippen LogP contribution in [0.5, 0.6) is 5.75 Å². The zero-order valence-electron chi connectivity index (χ0n) is 12.8. The van der Waals surface area contributed by atoms with Gasteiger partial charge in [0.25, 0.3) is 0 Å². The third kappa shape index (κ3) is 2.80. The molecular weight excluding hydrogens is 296 g/mol. The number of ether oxygens (including phenoxy) is 1. The molecule has 0 atom stereocenters. The highest BCUT2D eigenvalue weighted by Crippen LogP contribution is 2.29. The van der Waals surface area contributed by atoms with Crippen LogP contribution in [0.1, 0.15) is 5.56 Å².